The van der Waals surface area contributed by atoms with E-state index in [2.05, 4.69) is 0 Å². The van der Waals surface area contributed by atoms with E-state index < -0.39 is 69.4 Å². The molecular formula is C28H41O12S2+. The molecule has 5 aliphatic rings. The predicted molar refractivity (Wildman–Crippen MR) is 150 cm³/mol. The number of ether oxygens (including phenoxy) is 8. The Labute approximate surface area is 249 Å². The lowest BCUT2D eigenvalue weighted by Gasteiger charge is -2.42. The van der Waals surface area contributed by atoms with Crippen molar-refractivity contribution >= 4 is 21.3 Å². The van der Waals surface area contributed by atoms with Gasteiger partial charge in [0.05, 0.1) is 13.2 Å². The molecule has 0 aromatic heterocycles. The Bertz CT molecular complexity index is 1220. The molecule has 1 aromatic rings. The first-order valence-electron chi connectivity index (χ1n) is 14.3. The summed E-state index contributed by atoms with van der Waals surface area (Å²) in [5.41, 5.74) is 0.752. The lowest BCUT2D eigenvalue weighted by atomic mass is 10.0. The molecule has 5 fully saturated rings. The van der Waals surface area contributed by atoms with Crippen molar-refractivity contribution in [1.29, 1.82) is 0 Å². The second-order valence-corrected chi connectivity index (χ2v) is 16.0. The summed E-state index contributed by atoms with van der Waals surface area (Å²) in [4.78, 5) is 0. The molecule has 0 aliphatic carbocycles. The van der Waals surface area contributed by atoms with E-state index in [4.69, 9.17) is 42.1 Å². The van der Waals surface area contributed by atoms with Crippen molar-refractivity contribution < 1.29 is 55.0 Å². The highest BCUT2D eigenvalue weighted by Gasteiger charge is 2.65. The number of fused-ring (bicyclic) bond motifs is 1. The van der Waals surface area contributed by atoms with Gasteiger partial charge < -0.3 is 37.9 Å². The average molecular weight is 634 g/mol. The van der Waals surface area contributed by atoms with Gasteiger partial charge in [0.1, 0.15) is 54.2 Å². The molecule has 5 saturated heterocycles. The highest BCUT2D eigenvalue weighted by atomic mass is 32.3. The van der Waals surface area contributed by atoms with Gasteiger partial charge in [0.25, 0.3) is 0 Å². The van der Waals surface area contributed by atoms with Crippen LogP contribution in [-0.2, 0) is 63.4 Å². The molecule has 0 bridgehead atoms. The zero-order valence-electron chi connectivity index (χ0n) is 24.7. The van der Waals surface area contributed by atoms with Gasteiger partial charge in [-0.3, -0.25) is 4.55 Å². The molecule has 0 spiro atoms. The quantitative estimate of drug-likeness (QED) is 0.349. The van der Waals surface area contributed by atoms with Crippen molar-refractivity contribution in [3.8, 4) is 0 Å². The molecule has 5 heterocycles. The monoisotopic (exact) mass is 633 g/mol. The molecule has 12 nitrogen and oxygen atoms in total. The SMILES string of the molecule is CC1(C)OC[C@@H]([C@H]2[C@@H]3OC(C)(C)O[C@@H]3C[S+]2C[C@@H]2OC(c3ccccc3)O[C@H]([C@H]3COC(C)(C)O3)[C@@H]2OS(=O)(=O)O)O1. The molecule has 1 aromatic carbocycles. The zero-order chi connectivity index (χ0) is 30.1. The summed E-state index contributed by atoms with van der Waals surface area (Å²) in [7, 11) is -5.33. The van der Waals surface area contributed by atoms with Crippen molar-refractivity contribution in [3.05, 3.63) is 35.9 Å². The maximum absolute atomic E-state index is 12.2. The van der Waals surface area contributed by atoms with Crippen LogP contribution in [0.2, 0.25) is 0 Å². The van der Waals surface area contributed by atoms with Gasteiger partial charge in [-0.1, -0.05) is 30.3 Å². The minimum absolute atomic E-state index is 0.102. The van der Waals surface area contributed by atoms with Crippen molar-refractivity contribution in [2.24, 2.45) is 0 Å². The molecule has 236 valence electrons. The van der Waals surface area contributed by atoms with E-state index in [0.717, 1.165) is 5.56 Å². The normalized spacial score (nSPS) is 42.5. The summed E-state index contributed by atoms with van der Waals surface area (Å²) < 4.78 is 89.2. The van der Waals surface area contributed by atoms with Crippen LogP contribution in [0.1, 0.15) is 53.4 Å². The minimum atomic E-state index is -4.89. The van der Waals surface area contributed by atoms with Gasteiger partial charge in [0.15, 0.2) is 28.9 Å². The van der Waals surface area contributed by atoms with Gasteiger partial charge in [0, 0.05) is 16.5 Å². The lowest BCUT2D eigenvalue weighted by Crippen LogP contribution is -2.58. The standard InChI is InChI=1S/C28H40O12S2/c1-26(2)32-12-17(36-26)21-22(40-42(29,30)31)19(34-25(35-21)16-10-8-7-9-11-16)14-41-15-20-23(39-28(5,6)38-20)24(41)18-13-33-27(3,4)37-18/h7-11,17-25H,12-15H2,1-6H3/p+1/t17-,18+,19+,20-,21-,22-,23-,24+,25?,41?/m1/s1. The fourth-order valence-electron chi connectivity index (χ4n) is 6.51. The van der Waals surface area contributed by atoms with Crippen LogP contribution < -0.4 is 0 Å². The molecule has 5 aliphatic heterocycles. The largest absolute Gasteiger partial charge is 0.397 e. The summed E-state index contributed by atoms with van der Waals surface area (Å²) >= 11 is 0. The van der Waals surface area contributed by atoms with Gasteiger partial charge in [-0.05, 0) is 41.5 Å². The number of hydrogen-bond donors (Lipinski definition) is 1. The molecule has 0 saturated carbocycles. The van der Waals surface area contributed by atoms with Crippen LogP contribution in [0.3, 0.4) is 0 Å². The molecule has 6 rings (SSSR count). The maximum Gasteiger partial charge on any atom is 0.397 e. The fourth-order valence-corrected chi connectivity index (χ4v) is 10.1. The van der Waals surface area contributed by atoms with Crippen LogP contribution in [0.4, 0.5) is 0 Å². The topological polar surface area (TPSA) is 137 Å². The van der Waals surface area contributed by atoms with E-state index in [1.807, 2.05) is 58.0 Å². The third-order valence-corrected chi connectivity index (χ3v) is 11.4. The van der Waals surface area contributed by atoms with E-state index in [-0.39, 0.29) is 30.2 Å². The van der Waals surface area contributed by atoms with Crippen molar-refractivity contribution in [1.82, 2.24) is 0 Å². The van der Waals surface area contributed by atoms with Crippen LogP contribution in [0.5, 0.6) is 0 Å². The molecule has 0 amide bonds. The zero-order valence-corrected chi connectivity index (χ0v) is 26.3. The molecular weight excluding hydrogens is 592 g/mol. The van der Waals surface area contributed by atoms with Crippen molar-refractivity contribution in [2.45, 2.75) is 113 Å². The van der Waals surface area contributed by atoms with Crippen LogP contribution in [-0.4, -0.2) is 103 Å². The molecule has 10 atom stereocenters. The smallest absolute Gasteiger partial charge is 0.348 e. The highest BCUT2D eigenvalue weighted by molar-refractivity contribution is 7.97. The number of hydrogen-bond acceptors (Lipinski definition) is 11. The highest BCUT2D eigenvalue weighted by Crippen LogP contribution is 2.45. The summed E-state index contributed by atoms with van der Waals surface area (Å²) in [6, 6.07) is 9.38. The number of benzene rings is 1. The van der Waals surface area contributed by atoms with Crippen LogP contribution in [0.15, 0.2) is 30.3 Å². The number of rotatable bonds is 7. The van der Waals surface area contributed by atoms with E-state index in [0.29, 0.717) is 18.1 Å². The third kappa shape index (κ3) is 6.70. The van der Waals surface area contributed by atoms with E-state index in [1.165, 1.54) is 0 Å². The summed E-state index contributed by atoms with van der Waals surface area (Å²) in [5.74, 6) is -1.34. The van der Waals surface area contributed by atoms with Gasteiger partial charge >= 0.3 is 10.4 Å². The second kappa shape index (κ2) is 11.2. The third-order valence-electron chi connectivity index (χ3n) is 8.05. The first-order valence-corrected chi connectivity index (χ1v) is 17.2. The first-order chi connectivity index (χ1) is 19.6. The van der Waals surface area contributed by atoms with Crippen LogP contribution in [0.25, 0.3) is 0 Å². The second-order valence-electron chi connectivity index (χ2n) is 12.7. The Kier molecular flexibility index (Phi) is 8.28. The van der Waals surface area contributed by atoms with Crippen molar-refractivity contribution in [3.63, 3.8) is 0 Å². The van der Waals surface area contributed by atoms with E-state index in [9.17, 15) is 13.0 Å². The molecule has 14 heteroatoms. The molecule has 0 radical (unpaired) electrons. The minimum Gasteiger partial charge on any atom is -0.348 e. The van der Waals surface area contributed by atoms with Gasteiger partial charge in [-0.2, -0.15) is 8.42 Å². The molecule has 1 N–H and O–H groups in total. The fraction of sp³-hybridized carbons (Fsp3) is 0.786. The Balaban J connectivity index is 1.33. The Morgan fingerprint density at radius 1 is 0.833 bits per heavy atom. The first kappa shape index (κ1) is 31.1. The summed E-state index contributed by atoms with van der Waals surface area (Å²) in [6.45, 7) is 11.6. The van der Waals surface area contributed by atoms with E-state index in [1.54, 1.807) is 13.8 Å². The van der Waals surface area contributed by atoms with Crippen LogP contribution >= 0.6 is 0 Å². The summed E-state index contributed by atoms with van der Waals surface area (Å²) in [6.07, 6.45) is -5.14. The maximum atomic E-state index is 12.2. The Morgan fingerprint density at radius 2 is 1.45 bits per heavy atom. The Hall–Kier alpha value is -0.880. The summed E-state index contributed by atoms with van der Waals surface area (Å²) in [5, 5.41) is -0.102. The lowest BCUT2D eigenvalue weighted by molar-refractivity contribution is -0.299. The molecule has 42 heavy (non-hydrogen) atoms. The predicted octanol–water partition coefficient (Wildman–Crippen LogP) is 2.48. The van der Waals surface area contributed by atoms with Crippen molar-refractivity contribution in [2.75, 3.05) is 24.7 Å². The van der Waals surface area contributed by atoms with E-state index >= 15 is 0 Å². The average Bonchev–Trinajstić information content (AvgIpc) is 3.59. The van der Waals surface area contributed by atoms with Gasteiger partial charge in [-0.15, -0.1) is 0 Å². The van der Waals surface area contributed by atoms with Crippen LogP contribution in [0, 0.1) is 0 Å². The van der Waals surface area contributed by atoms with Gasteiger partial charge in [0.2, 0.25) is 0 Å². The molecule has 2 unspecified atom stereocenters. The Morgan fingerprint density at radius 3 is 2.05 bits per heavy atom. The van der Waals surface area contributed by atoms with Gasteiger partial charge in [-0.25, -0.2) is 4.18 Å².